The molecule has 0 aromatic heterocycles. The van der Waals surface area contributed by atoms with E-state index in [1.165, 1.54) is 6.08 Å². The number of amides is 1. The molecule has 2 fully saturated rings. The molecule has 3 rings (SSSR count). The Hall–Kier alpha value is -1.54. The van der Waals surface area contributed by atoms with Crippen LogP contribution >= 0.6 is 0 Å². The third kappa shape index (κ3) is 4.51. The molecule has 1 heterocycles. The van der Waals surface area contributed by atoms with Crippen LogP contribution in [-0.4, -0.2) is 40.0 Å². The van der Waals surface area contributed by atoms with Crippen molar-refractivity contribution in [3.63, 3.8) is 0 Å². The summed E-state index contributed by atoms with van der Waals surface area (Å²) >= 11 is -0.876. The van der Waals surface area contributed by atoms with E-state index in [2.05, 4.69) is 9.62 Å². The summed E-state index contributed by atoms with van der Waals surface area (Å²) in [4.78, 5) is 13.5. The fourth-order valence-corrected chi connectivity index (χ4v) is 4.22. The van der Waals surface area contributed by atoms with E-state index >= 15 is 0 Å². The molecule has 1 aliphatic heterocycles. The number of anilines is 1. The zero-order valence-electron chi connectivity index (χ0n) is 13.5. The minimum absolute atomic E-state index is 0.311. The van der Waals surface area contributed by atoms with Crippen molar-refractivity contribution in [3.05, 3.63) is 35.9 Å². The Morgan fingerprint density at radius 2 is 1.96 bits per heavy atom. The lowest BCUT2D eigenvalue weighted by Gasteiger charge is -2.34. The van der Waals surface area contributed by atoms with Gasteiger partial charge >= 0.3 is 0 Å². The number of hydrogen-bond acceptors (Lipinski definition) is 5. The first kappa shape index (κ1) is 17.3. The molecular weight excluding hydrogens is 326 g/mol. The van der Waals surface area contributed by atoms with Crippen molar-refractivity contribution in [1.29, 1.82) is 0 Å². The quantitative estimate of drug-likeness (QED) is 0.314. The smallest absolute Gasteiger partial charge is 0.267 e. The van der Waals surface area contributed by atoms with Gasteiger partial charge in [0.1, 0.15) is 5.25 Å². The van der Waals surface area contributed by atoms with E-state index in [0.29, 0.717) is 11.3 Å². The maximum absolute atomic E-state index is 12.0. The number of hydroxylamine groups is 1. The third-order valence-corrected chi connectivity index (χ3v) is 6.05. The van der Waals surface area contributed by atoms with Gasteiger partial charge in [0.2, 0.25) is 0 Å². The summed E-state index contributed by atoms with van der Waals surface area (Å²) in [7, 11) is 0. The average Bonchev–Trinajstić information content (AvgIpc) is 3.46. The SMILES string of the molecule is O=C(/C=C/c1ccccc1N1CCC(N[S+]([O-])C2CC2)CC1)NO. The molecule has 24 heavy (non-hydrogen) atoms. The highest BCUT2D eigenvalue weighted by Gasteiger charge is 2.36. The van der Waals surface area contributed by atoms with Gasteiger partial charge < -0.3 is 9.45 Å². The van der Waals surface area contributed by atoms with Gasteiger partial charge in [0.25, 0.3) is 5.91 Å². The standard InChI is InChI=1S/C17H23N3O3S/c21-17(18-22)8-5-13-3-1-2-4-16(13)20-11-9-14(10-12-20)19-24(23)15-6-7-15/h1-5,8,14-15,19,22H,6-7,9-12H2,(H,18,21)/b8-5+. The fraction of sp³-hybridized carbons (Fsp3) is 0.471. The Balaban J connectivity index is 1.59. The van der Waals surface area contributed by atoms with E-state index in [1.807, 2.05) is 24.3 Å². The van der Waals surface area contributed by atoms with Crippen molar-refractivity contribution in [2.24, 2.45) is 0 Å². The van der Waals surface area contributed by atoms with E-state index in [4.69, 9.17) is 5.21 Å². The van der Waals surface area contributed by atoms with Crippen LogP contribution in [0.3, 0.4) is 0 Å². The Labute approximate surface area is 145 Å². The number of para-hydroxylation sites is 1. The molecule has 7 heteroatoms. The van der Waals surface area contributed by atoms with E-state index in [9.17, 15) is 9.35 Å². The van der Waals surface area contributed by atoms with Crippen LogP contribution in [0.15, 0.2) is 30.3 Å². The lowest BCUT2D eigenvalue weighted by atomic mass is 10.0. The lowest BCUT2D eigenvalue weighted by Crippen LogP contribution is -2.45. The van der Waals surface area contributed by atoms with Crippen molar-refractivity contribution < 1.29 is 14.6 Å². The highest BCUT2D eigenvalue weighted by Crippen LogP contribution is 2.29. The number of piperidine rings is 1. The van der Waals surface area contributed by atoms with Gasteiger partial charge in [-0.2, -0.15) is 0 Å². The number of hydrogen-bond donors (Lipinski definition) is 3. The Kier molecular flexibility index (Phi) is 5.78. The molecule has 1 saturated heterocycles. The minimum Gasteiger partial charge on any atom is -0.598 e. The molecule has 0 spiro atoms. The first-order valence-electron chi connectivity index (χ1n) is 8.30. The second kappa shape index (κ2) is 8.02. The van der Waals surface area contributed by atoms with Crippen molar-refractivity contribution in [2.45, 2.75) is 37.0 Å². The molecule has 0 bridgehead atoms. The number of rotatable bonds is 6. The van der Waals surface area contributed by atoms with Gasteiger partial charge in [-0.15, -0.1) is 4.72 Å². The second-order valence-electron chi connectivity index (χ2n) is 6.24. The summed E-state index contributed by atoms with van der Waals surface area (Å²) in [5, 5.41) is 8.95. The molecule has 1 unspecified atom stereocenters. The van der Waals surface area contributed by atoms with Crippen LogP contribution in [0.4, 0.5) is 5.69 Å². The summed E-state index contributed by atoms with van der Waals surface area (Å²) in [6.07, 6.45) is 7.08. The van der Waals surface area contributed by atoms with Crippen LogP contribution < -0.4 is 15.1 Å². The zero-order chi connectivity index (χ0) is 16.9. The van der Waals surface area contributed by atoms with Gasteiger partial charge in [0.05, 0.1) is 6.04 Å². The average molecular weight is 349 g/mol. The van der Waals surface area contributed by atoms with Gasteiger partial charge in [-0.3, -0.25) is 10.0 Å². The molecule has 6 nitrogen and oxygen atoms in total. The third-order valence-electron chi connectivity index (χ3n) is 4.41. The lowest BCUT2D eigenvalue weighted by molar-refractivity contribution is -0.124. The van der Waals surface area contributed by atoms with Crippen molar-refractivity contribution >= 4 is 29.0 Å². The molecule has 130 valence electrons. The van der Waals surface area contributed by atoms with Crippen LogP contribution in [0.1, 0.15) is 31.2 Å². The first-order valence-corrected chi connectivity index (χ1v) is 9.51. The number of nitrogens with zero attached hydrogens (tertiary/aromatic N) is 1. The molecule has 0 radical (unpaired) electrons. The summed E-state index contributed by atoms with van der Waals surface area (Å²) in [5.74, 6) is -0.546. The molecule has 2 aliphatic rings. The summed E-state index contributed by atoms with van der Waals surface area (Å²) in [6.45, 7) is 1.77. The Bertz CT molecular complexity index is 598. The largest absolute Gasteiger partial charge is 0.598 e. The summed E-state index contributed by atoms with van der Waals surface area (Å²) in [5.41, 5.74) is 3.61. The van der Waals surface area contributed by atoms with Crippen LogP contribution in [0, 0.1) is 0 Å². The minimum atomic E-state index is -0.876. The molecule has 1 saturated carbocycles. The van der Waals surface area contributed by atoms with Crippen LogP contribution in [0.2, 0.25) is 0 Å². The van der Waals surface area contributed by atoms with E-state index in [1.54, 1.807) is 11.6 Å². The van der Waals surface area contributed by atoms with Crippen molar-refractivity contribution in [3.8, 4) is 0 Å². The number of carbonyl (C=O) groups excluding carboxylic acids is 1. The molecule has 1 atom stereocenters. The number of nitrogens with one attached hydrogen (secondary N) is 2. The fourth-order valence-electron chi connectivity index (χ4n) is 2.90. The normalized spacial score (nSPS) is 20.3. The monoisotopic (exact) mass is 349 g/mol. The highest BCUT2D eigenvalue weighted by atomic mass is 32.2. The number of carbonyl (C=O) groups is 1. The Morgan fingerprint density at radius 1 is 1.25 bits per heavy atom. The molecule has 1 amide bonds. The molecular formula is C17H23N3O3S. The maximum Gasteiger partial charge on any atom is 0.267 e. The maximum atomic E-state index is 12.0. The van der Waals surface area contributed by atoms with Gasteiger partial charge in [0.15, 0.2) is 0 Å². The molecule has 3 N–H and O–H groups in total. The highest BCUT2D eigenvalue weighted by molar-refractivity contribution is 7.90. The van der Waals surface area contributed by atoms with Crippen molar-refractivity contribution in [2.75, 3.05) is 18.0 Å². The van der Waals surface area contributed by atoms with Gasteiger partial charge in [-0.25, -0.2) is 5.48 Å². The van der Waals surface area contributed by atoms with Gasteiger partial charge in [0, 0.05) is 49.1 Å². The first-order chi connectivity index (χ1) is 11.7. The Morgan fingerprint density at radius 3 is 2.62 bits per heavy atom. The van der Waals surface area contributed by atoms with Crippen molar-refractivity contribution in [1.82, 2.24) is 10.2 Å². The molecule has 1 aromatic carbocycles. The van der Waals surface area contributed by atoms with Gasteiger partial charge in [-0.1, -0.05) is 18.2 Å². The van der Waals surface area contributed by atoms with Gasteiger partial charge in [-0.05, 0) is 30.5 Å². The molecule has 1 aliphatic carbocycles. The summed E-state index contributed by atoms with van der Waals surface area (Å²) in [6, 6.07) is 8.19. The van der Waals surface area contributed by atoms with Crippen LogP contribution in [0.5, 0.6) is 0 Å². The summed E-state index contributed by atoms with van der Waals surface area (Å²) < 4.78 is 15.2. The topological polar surface area (TPSA) is 87.7 Å². The van der Waals surface area contributed by atoms with E-state index in [0.717, 1.165) is 50.0 Å². The van der Waals surface area contributed by atoms with Crippen LogP contribution in [-0.2, 0) is 16.2 Å². The van der Waals surface area contributed by atoms with E-state index < -0.39 is 17.3 Å². The zero-order valence-corrected chi connectivity index (χ0v) is 14.3. The second-order valence-corrected chi connectivity index (χ2v) is 7.74. The predicted octanol–water partition coefficient (Wildman–Crippen LogP) is 1.59. The van der Waals surface area contributed by atoms with E-state index in [-0.39, 0.29) is 0 Å². The predicted molar refractivity (Wildman–Crippen MR) is 94.9 cm³/mol. The molecule has 1 aromatic rings. The number of benzene rings is 1. The van der Waals surface area contributed by atoms with Crippen LogP contribution in [0.25, 0.3) is 6.08 Å².